The summed E-state index contributed by atoms with van der Waals surface area (Å²) >= 11 is 0. The summed E-state index contributed by atoms with van der Waals surface area (Å²) in [6, 6.07) is 0. The van der Waals surface area contributed by atoms with Crippen molar-refractivity contribution in [3.05, 3.63) is 0 Å². The predicted molar refractivity (Wildman–Crippen MR) is 169 cm³/mol. The van der Waals surface area contributed by atoms with Crippen LogP contribution in [0.2, 0.25) is 0 Å². The number of rotatable bonds is 33. The number of aliphatic hydroxyl groups excluding tert-OH is 1. The summed E-state index contributed by atoms with van der Waals surface area (Å²) in [6.07, 6.45) is 30.9. The van der Waals surface area contributed by atoms with Crippen molar-refractivity contribution in [2.45, 2.75) is 193 Å². The maximum absolute atomic E-state index is 12.1. The lowest BCUT2D eigenvalue weighted by Crippen LogP contribution is -2.28. The van der Waals surface area contributed by atoms with Crippen LogP contribution in [0.25, 0.3) is 0 Å². The molecule has 0 amide bonds. The molecular weight excluding hydrogens is 518 g/mol. The van der Waals surface area contributed by atoms with Crippen LogP contribution in [-0.4, -0.2) is 43.0 Å². The van der Waals surface area contributed by atoms with Crippen LogP contribution in [0.15, 0.2) is 0 Å². The molecule has 1 atom stereocenters. The summed E-state index contributed by atoms with van der Waals surface area (Å²) in [6.45, 7) is 1.67. The van der Waals surface area contributed by atoms with Gasteiger partial charge in [0.15, 0.2) is 6.10 Å². The number of hydrogen-bond donors (Lipinski definition) is 1. The van der Waals surface area contributed by atoms with Crippen LogP contribution < -0.4 is 0 Å². The van der Waals surface area contributed by atoms with E-state index in [0.717, 1.165) is 57.8 Å². The molecule has 5 nitrogen and oxygen atoms in total. The molecule has 0 unspecified atom stereocenters. The fourth-order valence-corrected chi connectivity index (χ4v) is 5.22. The van der Waals surface area contributed by atoms with Gasteiger partial charge in [-0.15, -0.1) is 0 Å². The molecule has 0 spiro atoms. The van der Waals surface area contributed by atoms with Gasteiger partial charge in [0.2, 0.25) is 0 Å². The highest BCUT2D eigenvalue weighted by Crippen LogP contribution is 2.15. The SMILES string of the molecule is CCCCCCCCCCCCCCCC(=O)OC[C@H](CO)OC(=O)CCCCCCCCCCCCCCC[18F]. The molecule has 0 radical (unpaired) electrons. The number of carbonyl (C=O) groups excluding carboxylic acids is 2. The van der Waals surface area contributed by atoms with Gasteiger partial charge in [-0.25, -0.2) is 0 Å². The lowest BCUT2D eigenvalue weighted by molar-refractivity contribution is -0.161. The molecule has 0 aliphatic rings. The Labute approximate surface area is 253 Å². The molecule has 0 aromatic heterocycles. The van der Waals surface area contributed by atoms with E-state index in [1.807, 2.05) is 0 Å². The van der Waals surface area contributed by atoms with Crippen LogP contribution in [0.5, 0.6) is 0 Å². The van der Waals surface area contributed by atoms with Crippen molar-refractivity contribution in [2.75, 3.05) is 19.9 Å². The number of hydrogen-bond acceptors (Lipinski definition) is 5. The van der Waals surface area contributed by atoms with Crippen molar-refractivity contribution >= 4 is 11.9 Å². The third kappa shape index (κ3) is 31.6. The quantitative estimate of drug-likeness (QED) is 0.0612. The van der Waals surface area contributed by atoms with Crippen LogP contribution in [0.4, 0.5) is 4.39 Å². The summed E-state index contributed by atoms with van der Waals surface area (Å²) in [5.74, 6) is -0.612. The van der Waals surface area contributed by atoms with E-state index in [9.17, 15) is 19.1 Å². The van der Waals surface area contributed by atoms with Crippen LogP contribution in [0.3, 0.4) is 0 Å². The highest BCUT2D eigenvalue weighted by molar-refractivity contribution is 5.70. The Balaban J connectivity index is 3.52. The van der Waals surface area contributed by atoms with E-state index in [1.54, 1.807) is 0 Å². The first kappa shape index (κ1) is 39.8. The molecule has 41 heavy (non-hydrogen) atoms. The second-order valence-electron chi connectivity index (χ2n) is 12.0. The normalized spacial score (nSPS) is 12.0. The molecule has 0 saturated carbocycles. The molecule has 0 aromatic carbocycles. The number of alkyl halides is 1. The number of carbonyl (C=O) groups is 2. The average molecular weight is 586 g/mol. The van der Waals surface area contributed by atoms with E-state index in [-0.39, 0.29) is 31.8 Å². The van der Waals surface area contributed by atoms with E-state index in [2.05, 4.69) is 6.92 Å². The Morgan fingerprint density at radius 1 is 0.537 bits per heavy atom. The van der Waals surface area contributed by atoms with Gasteiger partial charge in [0.05, 0.1) is 13.3 Å². The summed E-state index contributed by atoms with van der Waals surface area (Å²) in [7, 11) is 0. The smallest absolute Gasteiger partial charge is 0.306 e. The molecule has 6 heteroatoms. The molecule has 0 bridgehead atoms. The first-order valence-electron chi connectivity index (χ1n) is 17.7. The largest absolute Gasteiger partial charge is 0.462 e. The van der Waals surface area contributed by atoms with Gasteiger partial charge in [-0.1, -0.05) is 155 Å². The second-order valence-corrected chi connectivity index (χ2v) is 12.0. The van der Waals surface area contributed by atoms with Crippen molar-refractivity contribution in [1.82, 2.24) is 0 Å². The first-order chi connectivity index (χ1) is 20.1. The molecule has 0 aromatic rings. The number of halogens is 1. The highest BCUT2D eigenvalue weighted by atomic mass is 18.2. The van der Waals surface area contributed by atoms with Crippen LogP contribution >= 0.6 is 0 Å². The summed E-state index contributed by atoms with van der Waals surface area (Å²) < 4.78 is 22.6. The lowest BCUT2D eigenvalue weighted by Gasteiger charge is -2.15. The summed E-state index contributed by atoms with van der Waals surface area (Å²) in [5, 5.41) is 9.50. The van der Waals surface area contributed by atoms with Gasteiger partial charge >= 0.3 is 11.9 Å². The van der Waals surface area contributed by atoms with E-state index in [1.165, 1.54) is 109 Å². The number of aliphatic hydroxyl groups is 1. The summed E-state index contributed by atoms with van der Waals surface area (Å²) in [4.78, 5) is 24.1. The molecule has 0 rings (SSSR count). The van der Waals surface area contributed by atoms with Gasteiger partial charge in [0.1, 0.15) is 6.61 Å². The second kappa shape index (κ2) is 33.3. The van der Waals surface area contributed by atoms with E-state index < -0.39 is 6.10 Å². The van der Waals surface area contributed by atoms with Crippen molar-refractivity contribution in [2.24, 2.45) is 0 Å². The number of ether oxygens (including phenoxy) is 2. The van der Waals surface area contributed by atoms with Crippen molar-refractivity contribution in [1.29, 1.82) is 0 Å². The molecule has 0 aliphatic heterocycles. The van der Waals surface area contributed by atoms with E-state index in [0.29, 0.717) is 12.8 Å². The van der Waals surface area contributed by atoms with Crippen LogP contribution in [0, 0.1) is 0 Å². The molecule has 0 saturated heterocycles. The van der Waals surface area contributed by atoms with Crippen molar-refractivity contribution in [3.8, 4) is 0 Å². The van der Waals surface area contributed by atoms with Gasteiger partial charge in [-0.2, -0.15) is 0 Å². The number of esters is 2. The molecule has 0 heterocycles. The van der Waals surface area contributed by atoms with Gasteiger partial charge in [-0.3, -0.25) is 14.0 Å². The average Bonchev–Trinajstić information content (AvgIpc) is 2.97. The van der Waals surface area contributed by atoms with E-state index in [4.69, 9.17) is 9.47 Å². The molecule has 1 N–H and O–H groups in total. The minimum Gasteiger partial charge on any atom is -0.462 e. The Kier molecular flexibility index (Phi) is 32.4. The van der Waals surface area contributed by atoms with Crippen molar-refractivity contribution in [3.63, 3.8) is 0 Å². The third-order valence-corrected chi connectivity index (χ3v) is 7.93. The molecule has 0 fully saturated rings. The zero-order chi connectivity index (χ0) is 30.1. The molecule has 0 aliphatic carbocycles. The lowest BCUT2D eigenvalue weighted by atomic mass is 10.0. The Morgan fingerprint density at radius 2 is 0.878 bits per heavy atom. The zero-order valence-corrected chi connectivity index (χ0v) is 27.0. The van der Waals surface area contributed by atoms with Gasteiger partial charge in [0.25, 0.3) is 0 Å². The first-order valence-corrected chi connectivity index (χ1v) is 17.7. The van der Waals surface area contributed by atoms with Gasteiger partial charge in [-0.05, 0) is 19.3 Å². The Bertz CT molecular complexity index is 557. The standard InChI is InChI=1S/C35H67FO5/c1-2-3-4-5-6-7-8-10-13-16-19-22-25-28-34(38)40-32-33(31-37)41-35(39)29-26-23-20-17-14-11-9-12-15-18-21-24-27-30-36/h33,37H,2-32H2,1H3/t33-/m0/s1/i36-1. The Hall–Kier alpha value is -1.17. The van der Waals surface area contributed by atoms with Gasteiger partial charge in [0, 0.05) is 12.8 Å². The highest BCUT2D eigenvalue weighted by Gasteiger charge is 2.16. The van der Waals surface area contributed by atoms with Crippen LogP contribution in [0.1, 0.15) is 187 Å². The van der Waals surface area contributed by atoms with Gasteiger partial charge < -0.3 is 14.6 Å². The maximum atomic E-state index is 12.1. The predicted octanol–water partition coefficient (Wildman–Crippen LogP) is 10.3. The third-order valence-electron chi connectivity index (χ3n) is 7.93. The van der Waals surface area contributed by atoms with Crippen molar-refractivity contribution < 1.29 is 28.6 Å². The maximum Gasteiger partial charge on any atom is 0.306 e. The van der Waals surface area contributed by atoms with Crippen LogP contribution in [-0.2, 0) is 19.1 Å². The topological polar surface area (TPSA) is 72.8 Å². The monoisotopic (exact) mass is 585 g/mol. The minimum absolute atomic E-state index is 0.0723. The number of unbranched alkanes of at least 4 members (excludes halogenated alkanes) is 24. The molecule has 244 valence electrons. The minimum atomic E-state index is -0.776. The fourth-order valence-electron chi connectivity index (χ4n) is 5.22. The Morgan fingerprint density at radius 3 is 1.24 bits per heavy atom. The van der Waals surface area contributed by atoms with E-state index >= 15 is 0 Å². The molecular formula is C35H67FO5. The fraction of sp³-hybridized carbons (Fsp3) is 0.943. The zero-order valence-electron chi connectivity index (χ0n) is 27.0. The summed E-state index contributed by atoms with van der Waals surface area (Å²) in [5.41, 5.74) is 0.